The molecule has 1 atom stereocenters. The van der Waals surface area contributed by atoms with Crippen molar-refractivity contribution in [1.82, 2.24) is 14.8 Å². The first-order valence-corrected chi connectivity index (χ1v) is 8.44. The van der Waals surface area contributed by atoms with Crippen LogP contribution in [0, 0.1) is 5.92 Å². The molecular weight excluding hydrogens is 266 g/mol. The Hall–Kier alpha value is -0.940. The van der Waals surface area contributed by atoms with Gasteiger partial charge in [0.1, 0.15) is 6.10 Å². The lowest BCUT2D eigenvalue weighted by Crippen LogP contribution is -2.18. The molecule has 0 amide bonds. The van der Waals surface area contributed by atoms with Crippen LogP contribution in [-0.4, -0.2) is 33.1 Å². The summed E-state index contributed by atoms with van der Waals surface area (Å²) in [5.74, 6) is 2.73. The van der Waals surface area contributed by atoms with Gasteiger partial charge in [-0.25, -0.2) is 9.67 Å². The fourth-order valence-electron chi connectivity index (χ4n) is 3.56. The maximum atomic E-state index is 10.00. The highest BCUT2D eigenvalue weighted by Crippen LogP contribution is 2.28. The quantitative estimate of drug-likeness (QED) is 0.927. The third kappa shape index (κ3) is 3.64. The largest absolute Gasteiger partial charge is 0.385 e. The van der Waals surface area contributed by atoms with Crippen LogP contribution in [0.1, 0.15) is 75.5 Å². The van der Waals surface area contributed by atoms with E-state index >= 15 is 0 Å². The molecule has 2 fully saturated rings. The van der Waals surface area contributed by atoms with Crippen LogP contribution in [0.3, 0.4) is 0 Å². The average Bonchev–Trinajstić information content (AvgIpc) is 2.93. The van der Waals surface area contributed by atoms with Gasteiger partial charge in [0.25, 0.3) is 0 Å². The van der Waals surface area contributed by atoms with E-state index in [2.05, 4.69) is 4.98 Å². The molecule has 1 saturated carbocycles. The molecule has 3 rings (SSSR count). The molecule has 118 valence electrons. The van der Waals surface area contributed by atoms with Crippen LogP contribution >= 0.6 is 0 Å². The minimum atomic E-state index is -0.547. The van der Waals surface area contributed by atoms with E-state index in [1.165, 1.54) is 32.1 Å². The minimum absolute atomic E-state index is 0.392. The lowest BCUT2D eigenvalue weighted by Gasteiger charge is -2.22. The number of aromatic nitrogens is 3. The standard InChI is InChI=1S/C16H27N3O2/c1-12(20)16-17-15(14-7-9-21-10-8-14)18-19(16)11-13-5-3-2-4-6-13/h12-14,20H,2-11H2,1H3/t12-/m1/s1. The molecule has 2 heterocycles. The number of aliphatic hydroxyl groups excluding tert-OH is 1. The third-order valence-corrected chi connectivity index (χ3v) is 4.83. The van der Waals surface area contributed by atoms with E-state index in [0.717, 1.165) is 44.2 Å². The van der Waals surface area contributed by atoms with Crippen molar-refractivity contribution in [3.63, 3.8) is 0 Å². The molecule has 1 saturated heterocycles. The zero-order valence-corrected chi connectivity index (χ0v) is 13.0. The fraction of sp³-hybridized carbons (Fsp3) is 0.875. The van der Waals surface area contributed by atoms with Crippen molar-refractivity contribution in [3.05, 3.63) is 11.6 Å². The molecular formula is C16H27N3O2. The highest BCUT2D eigenvalue weighted by Gasteiger charge is 2.25. The molecule has 0 unspecified atom stereocenters. The number of aliphatic hydroxyl groups is 1. The molecule has 5 nitrogen and oxygen atoms in total. The summed E-state index contributed by atoms with van der Waals surface area (Å²) in [7, 11) is 0. The van der Waals surface area contributed by atoms with Crippen LogP contribution in [0.25, 0.3) is 0 Å². The highest BCUT2D eigenvalue weighted by atomic mass is 16.5. The second-order valence-corrected chi connectivity index (χ2v) is 6.58. The van der Waals surface area contributed by atoms with Crippen LogP contribution < -0.4 is 0 Å². The first-order chi connectivity index (χ1) is 10.2. The molecule has 1 N–H and O–H groups in total. The second kappa shape index (κ2) is 6.88. The SMILES string of the molecule is C[C@@H](O)c1nc(C2CCOCC2)nn1CC1CCCCC1. The van der Waals surface area contributed by atoms with Gasteiger partial charge < -0.3 is 9.84 Å². The van der Waals surface area contributed by atoms with Crippen LogP contribution in [0.2, 0.25) is 0 Å². The number of nitrogens with zero attached hydrogens (tertiary/aromatic N) is 3. The van der Waals surface area contributed by atoms with E-state index in [0.29, 0.717) is 11.8 Å². The lowest BCUT2D eigenvalue weighted by molar-refractivity contribution is 0.0835. The molecule has 2 aliphatic rings. The Labute approximate surface area is 126 Å². The average molecular weight is 293 g/mol. The van der Waals surface area contributed by atoms with Crippen molar-refractivity contribution in [2.24, 2.45) is 5.92 Å². The van der Waals surface area contributed by atoms with Crippen LogP contribution in [0.5, 0.6) is 0 Å². The van der Waals surface area contributed by atoms with Crippen molar-refractivity contribution in [3.8, 4) is 0 Å². The Bertz CT molecular complexity index is 446. The summed E-state index contributed by atoms with van der Waals surface area (Å²) in [6.45, 7) is 4.29. The van der Waals surface area contributed by atoms with Crippen LogP contribution in [0.15, 0.2) is 0 Å². The van der Waals surface area contributed by atoms with Crippen molar-refractivity contribution < 1.29 is 9.84 Å². The molecule has 0 radical (unpaired) electrons. The Balaban J connectivity index is 1.75. The van der Waals surface area contributed by atoms with Gasteiger partial charge in [-0.15, -0.1) is 0 Å². The van der Waals surface area contributed by atoms with Gasteiger partial charge in [-0.05, 0) is 38.5 Å². The minimum Gasteiger partial charge on any atom is -0.385 e. The van der Waals surface area contributed by atoms with Crippen molar-refractivity contribution in [1.29, 1.82) is 0 Å². The van der Waals surface area contributed by atoms with Gasteiger partial charge in [0.15, 0.2) is 11.6 Å². The molecule has 1 aromatic heterocycles. The molecule has 0 spiro atoms. The summed E-state index contributed by atoms with van der Waals surface area (Å²) in [5.41, 5.74) is 0. The summed E-state index contributed by atoms with van der Waals surface area (Å²) in [4.78, 5) is 4.65. The second-order valence-electron chi connectivity index (χ2n) is 6.58. The molecule has 1 aromatic rings. The van der Waals surface area contributed by atoms with Gasteiger partial charge in [0, 0.05) is 25.7 Å². The number of ether oxygens (including phenoxy) is 1. The van der Waals surface area contributed by atoms with Crippen molar-refractivity contribution in [2.75, 3.05) is 13.2 Å². The molecule has 1 aliphatic carbocycles. The third-order valence-electron chi connectivity index (χ3n) is 4.83. The van der Waals surface area contributed by atoms with Gasteiger partial charge in [-0.1, -0.05) is 19.3 Å². The molecule has 1 aliphatic heterocycles. The maximum absolute atomic E-state index is 10.00. The monoisotopic (exact) mass is 293 g/mol. The Morgan fingerprint density at radius 1 is 1.19 bits per heavy atom. The van der Waals surface area contributed by atoms with Gasteiger partial charge in [-0.2, -0.15) is 5.10 Å². The van der Waals surface area contributed by atoms with E-state index in [1.807, 2.05) is 4.68 Å². The van der Waals surface area contributed by atoms with Crippen molar-refractivity contribution >= 4 is 0 Å². The Kier molecular flexibility index (Phi) is 4.91. The fourth-order valence-corrected chi connectivity index (χ4v) is 3.56. The topological polar surface area (TPSA) is 60.2 Å². The zero-order valence-electron chi connectivity index (χ0n) is 13.0. The van der Waals surface area contributed by atoms with Gasteiger partial charge in [-0.3, -0.25) is 0 Å². The first kappa shape index (κ1) is 15.0. The van der Waals surface area contributed by atoms with E-state index in [-0.39, 0.29) is 0 Å². The zero-order chi connectivity index (χ0) is 14.7. The smallest absolute Gasteiger partial charge is 0.155 e. The summed E-state index contributed by atoms with van der Waals surface area (Å²) < 4.78 is 7.39. The predicted molar refractivity (Wildman–Crippen MR) is 80.0 cm³/mol. The van der Waals surface area contributed by atoms with Crippen molar-refractivity contribution in [2.45, 2.75) is 70.4 Å². The van der Waals surface area contributed by atoms with Gasteiger partial charge in [0.2, 0.25) is 0 Å². The van der Waals surface area contributed by atoms with Crippen LogP contribution in [-0.2, 0) is 11.3 Å². The van der Waals surface area contributed by atoms with E-state index in [9.17, 15) is 5.11 Å². The summed E-state index contributed by atoms with van der Waals surface area (Å²) in [6, 6.07) is 0. The predicted octanol–water partition coefficient (Wildman–Crippen LogP) is 2.81. The summed E-state index contributed by atoms with van der Waals surface area (Å²) >= 11 is 0. The van der Waals surface area contributed by atoms with E-state index < -0.39 is 6.10 Å². The maximum Gasteiger partial charge on any atom is 0.155 e. The van der Waals surface area contributed by atoms with E-state index in [4.69, 9.17) is 9.84 Å². The van der Waals surface area contributed by atoms with Crippen LogP contribution in [0.4, 0.5) is 0 Å². The lowest BCUT2D eigenvalue weighted by atomic mass is 9.89. The first-order valence-electron chi connectivity index (χ1n) is 8.44. The normalized spacial score (nSPS) is 23.3. The summed E-state index contributed by atoms with van der Waals surface area (Å²) in [5, 5.41) is 14.7. The molecule has 0 aromatic carbocycles. The molecule has 5 heteroatoms. The Morgan fingerprint density at radius 2 is 1.90 bits per heavy atom. The number of hydrogen-bond acceptors (Lipinski definition) is 4. The summed E-state index contributed by atoms with van der Waals surface area (Å²) in [6.07, 6.45) is 8.03. The molecule has 21 heavy (non-hydrogen) atoms. The van der Waals surface area contributed by atoms with Gasteiger partial charge in [0.05, 0.1) is 0 Å². The Morgan fingerprint density at radius 3 is 2.57 bits per heavy atom. The van der Waals surface area contributed by atoms with E-state index in [1.54, 1.807) is 6.92 Å². The van der Waals surface area contributed by atoms with Gasteiger partial charge >= 0.3 is 0 Å². The number of hydrogen-bond donors (Lipinski definition) is 1. The highest BCUT2D eigenvalue weighted by molar-refractivity contribution is 5.02. The molecule has 0 bridgehead atoms. The number of rotatable bonds is 4.